The van der Waals surface area contributed by atoms with Crippen LogP contribution in [0.5, 0.6) is 5.75 Å². The van der Waals surface area contributed by atoms with Gasteiger partial charge in [0.25, 0.3) is 0 Å². The molecule has 0 saturated heterocycles. The first kappa shape index (κ1) is 24.8. The van der Waals surface area contributed by atoms with E-state index in [4.69, 9.17) is 4.74 Å². The summed E-state index contributed by atoms with van der Waals surface area (Å²) < 4.78 is 62.9. The molecular formula is C28H32F4O2. The number of benzene rings is 2. The van der Waals surface area contributed by atoms with Gasteiger partial charge < -0.3 is 9.84 Å². The first-order valence-electron chi connectivity index (χ1n) is 12.2. The topological polar surface area (TPSA) is 29.5 Å². The molecule has 1 N–H and O–H groups in total. The molecule has 2 saturated carbocycles. The van der Waals surface area contributed by atoms with Gasteiger partial charge in [-0.2, -0.15) is 4.39 Å². The van der Waals surface area contributed by atoms with Crippen molar-refractivity contribution >= 4 is 6.08 Å². The predicted molar refractivity (Wildman–Crippen MR) is 125 cm³/mol. The average Bonchev–Trinajstić information content (AvgIpc) is 2.87. The monoisotopic (exact) mass is 476 g/mol. The van der Waals surface area contributed by atoms with Crippen LogP contribution in [0.25, 0.3) is 6.08 Å². The van der Waals surface area contributed by atoms with E-state index in [2.05, 4.69) is 0 Å². The third kappa shape index (κ3) is 5.17. The van der Waals surface area contributed by atoms with Crippen LogP contribution in [0.2, 0.25) is 0 Å². The zero-order valence-corrected chi connectivity index (χ0v) is 19.5. The van der Waals surface area contributed by atoms with E-state index >= 15 is 4.39 Å². The zero-order valence-electron chi connectivity index (χ0n) is 19.5. The van der Waals surface area contributed by atoms with Gasteiger partial charge in [0.1, 0.15) is 0 Å². The SMILES string of the molecule is COc1ccc(C=CC2CCC(c3ccc(C4CCC(CO)CC4)c(F)c3F)CC2)c(F)c1F. The molecule has 0 spiro atoms. The molecule has 2 aliphatic carbocycles. The fraction of sp³-hybridized carbons (Fsp3) is 0.500. The molecule has 0 amide bonds. The highest BCUT2D eigenvalue weighted by Gasteiger charge is 2.29. The fourth-order valence-electron chi connectivity index (χ4n) is 5.56. The molecule has 0 atom stereocenters. The van der Waals surface area contributed by atoms with E-state index in [1.807, 2.05) is 6.08 Å². The number of rotatable bonds is 6. The summed E-state index contributed by atoms with van der Waals surface area (Å²) in [5.74, 6) is -3.11. The number of aliphatic hydroxyl groups is 1. The minimum Gasteiger partial charge on any atom is -0.494 e. The predicted octanol–water partition coefficient (Wildman–Crippen LogP) is 7.50. The first-order valence-corrected chi connectivity index (χ1v) is 12.2. The second kappa shape index (κ2) is 10.9. The number of ether oxygens (including phenoxy) is 1. The number of methoxy groups -OCH3 is 1. The van der Waals surface area contributed by atoms with Crippen LogP contribution in [0.15, 0.2) is 30.3 Å². The Bertz CT molecular complexity index is 1020. The number of allylic oxidation sites excluding steroid dienone is 1. The van der Waals surface area contributed by atoms with E-state index in [-0.39, 0.29) is 41.6 Å². The minimum absolute atomic E-state index is 0.00964. The van der Waals surface area contributed by atoms with Crippen LogP contribution in [0.1, 0.15) is 79.9 Å². The first-order chi connectivity index (χ1) is 16.4. The molecule has 0 bridgehead atoms. The normalized spacial score (nSPS) is 25.6. The van der Waals surface area contributed by atoms with Gasteiger partial charge in [0.05, 0.1) is 7.11 Å². The summed E-state index contributed by atoms with van der Waals surface area (Å²) >= 11 is 0. The Labute approximate surface area is 198 Å². The molecule has 4 rings (SSSR count). The molecule has 0 aliphatic heterocycles. The van der Waals surface area contributed by atoms with Crippen molar-refractivity contribution in [3.05, 3.63) is 70.3 Å². The number of hydrogen-bond acceptors (Lipinski definition) is 2. The van der Waals surface area contributed by atoms with E-state index in [1.54, 1.807) is 18.2 Å². The summed E-state index contributed by atoms with van der Waals surface area (Å²) in [5, 5.41) is 9.31. The Balaban J connectivity index is 1.38. The maximum atomic E-state index is 15.0. The summed E-state index contributed by atoms with van der Waals surface area (Å²) in [6.45, 7) is 0.159. The van der Waals surface area contributed by atoms with Crippen molar-refractivity contribution in [1.29, 1.82) is 0 Å². The second-order valence-corrected chi connectivity index (χ2v) is 9.73. The van der Waals surface area contributed by atoms with Crippen molar-refractivity contribution < 1.29 is 27.4 Å². The minimum atomic E-state index is -1.00. The van der Waals surface area contributed by atoms with Gasteiger partial charge in [0.2, 0.25) is 5.82 Å². The highest BCUT2D eigenvalue weighted by Crippen LogP contribution is 2.41. The molecule has 184 valence electrons. The van der Waals surface area contributed by atoms with Gasteiger partial charge in [-0.3, -0.25) is 0 Å². The molecule has 0 radical (unpaired) electrons. The molecule has 2 fully saturated rings. The Kier molecular flexibility index (Phi) is 7.97. The molecule has 0 unspecified atom stereocenters. The van der Waals surface area contributed by atoms with Crippen LogP contribution in [-0.4, -0.2) is 18.8 Å². The summed E-state index contributed by atoms with van der Waals surface area (Å²) in [6, 6.07) is 6.39. The lowest BCUT2D eigenvalue weighted by Crippen LogP contribution is -2.18. The highest BCUT2D eigenvalue weighted by molar-refractivity contribution is 5.52. The lowest BCUT2D eigenvalue weighted by molar-refractivity contribution is 0.181. The van der Waals surface area contributed by atoms with Crippen molar-refractivity contribution in [2.75, 3.05) is 13.7 Å². The van der Waals surface area contributed by atoms with E-state index < -0.39 is 23.3 Å². The van der Waals surface area contributed by atoms with Gasteiger partial charge in [-0.1, -0.05) is 24.3 Å². The lowest BCUT2D eigenvalue weighted by Gasteiger charge is -2.30. The molecule has 6 heteroatoms. The molecule has 34 heavy (non-hydrogen) atoms. The van der Waals surface area contributed by atoms with Gasteiger partial charge in [0, 0.05) is 12.2 Å². The summed E-state index contributed by atoms with van der Waals surface area (Å²) in [4.78, 5) is 0. The summed E-state index contributed by atoms with van der Waals surface area (Å²) in [6.07, 6.45) is 9.67. The molecular weight excluding hydrogens is 444 g/mol. The van der Waals surface area contributed by atoms with Gasteiger partial charge >= 0.3 is 0 Å². The van der Waals surface area contributed by atoms with Crippen molar-refractivity contribution in [2.45, 2.75) is 63.2 Å². The highest BCUT2D eigenvalue weighted by atomic mass is 19.2. The second-order valence-electron chi connectivity index (χ2n) is 9.73. The quantitative estimate of drug-likeness (QED) is 0.437. The van der Waals surface area contributed by atoms with Crippen LogP contribution in [0.4, 0.5) is 17.6 Å². The fourth-order valence-corrected chi connectivity index (χ4v) is 5.56. The van der Waals surface area contributed by atoms with Crippen molar-refractivity contribution in [1.82, 2.24) is 0 Å². The Morgan fingerprint density at radius 2 is 1.32 bits per heavy atom. The Hall–Kier alpha value is -2.34. The summed E-state index contributed by atoms with van der Waals surface area (Å²) in [5.41, 5.74) is 1.07. The van der Waals surface area contributed by atoms with E-state index in [0.29, 0.717) is 24.0 Å². The number of aliphatic hydroxyl groups excluding tert-OH is 1. The van der Waals surface area contributed by atoms with Gasteiger partial charge in [-0.05, 0) is 98.3 Å². The van der Waals surface area contributed by atoms with Crippen molar-refractivity contribution in [3.63, 3.8) is 0 Å². The zero-order chi connectivity index (χ0) is 24.2. The Morgan fingerprint density at radius 3 is 1.85 bits per heavy atom. The molecule has 2 aromatic rings. The third-order valence-electron chi connectivity index (χ3n) is 7.74. The van der Waals surface area contributed by atoms with Crippen LogP contribution < -0.4 is 4.74 Å². The van der Waals surface area contributed by atoms with Crippen LogP contribution >= 0.6 is 0 Å². The average molecular weight is 477 g/mol. The van der Waals surface area contributed by atoms with E-state index in [9.17, 15) is 18.3 Å². The smallest absolute Gasteiger partial charge is 0.201 e. The lowest BCUT2D eigenvalue weighted by atomic mass is 9.76. The molecule has 0 heterocycles. The van der Waals surface area contributed by atoms with Gasteiger partial charge in [-0.25, -0.2) is 13.2 Å². The molecule has 2 nitrogen and oxygen atoms in total. The standard InChI is InChI=1S/C28H32F4O2/c1-34-24-15-12-21(25(29)28(24)32)11-4-17-2-7-19(8-3-17)22-13-14-23(27(31)26(22)30)20-9-5-18(16-33)6-10-20/h4,11-15,17-20,33H,2-3,5-10,16H2,1H3. The van der Waals surface area contributed by atoms with Gasteiger partial charge in [0.15, 0.2) is 23.2 Å². The van der Waals surface area contributed by atoms with Crippen molar-refractivity contribution in [2.24, 2.45) is 11.8 Å². The molecule has 0 aromatic heterocycles. The van der Waals surface area contributed by atoms with E-state index in [1.165, 1.54) is 19.2 Å². The largest absolute Gasteiger partial charge is 0.494 e. The molecule has 2 aromatic carbocycles. The van der Waals surface area contributed by atoms with Crippen LogP contribution in [0, 0.1) is 35.1 Å². The van der Waals surface area contributed by atoms with E-state index in [0.717, 1.165) is 38.5 Å². The third-order valence-corrected chi connectivity index (χ3v) is 7.74. The van der Waals surface area contributed by atoms with Crippen LogP contribution in [-0.2, 0) is 0 Å². The summed E-state index contributed by atoms with van der Waals surface area (Å²) in [7, 11) is 1.29. The van der Waals surface area contributed by atoms with Gasteiger partial charge in [-0.15, -0.1) is 0 Å². The van der Waals surface area contributed by atoms with Crippen molar-refractivity contribution in [3.8, 4) is 5.75 Å². The number of hydrogen-bond donors (Lipinski definition) is 1. The van der Waals surface area contributed by atoms with Crippen LogP contribution in [0.3, 0.4) is 0 Å². The molecule has 2 aliphatic rings. The number of halogens is 4. The maximum Gasteiger partial charge on any atom is 0.201 e. The Morgan fingerprint density at radius 1 is 0.765 bits per heavy atom. The maximum absolute atomic E-state index is 15.0.